The molecule has 0 amide bonds. The van der Waals surface area contributed by atoms with Gasteiger partial charge in [0, 0.05) is 24.2 Å². The average Bonchev–Trinajstić information content (AvgIpc) is 2.18. The molecule has 0 N–H and O–H groups in total. The second kappa shape index (κ2) is 4.10. The Bertz CT molecular complexity index is 296. The lowest BCUT2D eigenvalue weighted by atomic mass is 9.93. The van der Waals surface area contributed by atoms with Crippen LogP contribution in [0.3, 0.4) is 0 Å². The van der Waals surface area contributed by atoms with Gasteiger partial charge in [0.2, 0.25) is 0 Å². The van der Waals surface area contributed by atoms with E-state index in [0.29, 0.717) is 5.88 Å². The molecular weight excluding hydrogens is 182 g/mol. The van der Waals surface area contributed by atoms with Gasteiger partial charge < -0.3 is 0 Å². The highest BCUT2D eigenvalue weighted by Gasteiger charge is 2.09. The molecule has 1 aliphatic rings. The third-order valence-corrected chi connectivity index (χ3v) is 2.82. The standard InChI is InChI=1S/C11H14ClN/c12-6-5-11-7-9-3-1-2-4-10(9)8-13-11/h7-8H,1-6H2. The molecule has 0 spiro atoms. The summed E-state index contributed by atoms with van der Waals surface area (Å²) in [4.78, 5) is 4.40. The van der Waals surface area contributed by atoms with Gasteiger partial charge in [0.25, 0.3) is 0 Å². The second-order valence-electron chi connectivity index (χ2n) is 3.59. The van der Waals surface area contributed by atoms with Crippen molar-refractivity contribution in [2.75, 3.05) is 5.88 Å². The van der Waals surface area contributed by atoms with Gasteiger partial charge in [-0.1, -0.05) is 0 Å². The van der Waals surface area contributed by atoms with Crippen LogP contribution in [0.15, 0.2) is 12.3 Å². The molecule has 0 radical (unpaired) electrons. The molecule has 0 fully saturated rings. The van der Waals surface area contributed by atoms with Gasteiger partial charge in [-0.25, -0.2) is 0 Å². The van der Waals surface area contributed by atoms with E-state index < -0.39 is 0 Å². The Morgan fingerprint density at radius 2 is 2.00 bits per heavy atom. The van der Waals surface area contributed by atoms with Gasteiger partial charge in [0.05, 0.1) is 0 Å². The number of rotatable bonds is 2. The molecule has 0 saturated carbocycles. The van der Waals surface area contributed by atoms with Crippen molar-refractivity contribution in [2.24, 2.45) is 0 Å². The van der Waals surface area contributed by atoms with Crippen LogP contribution in [-0.2, 0) is 19.3 Å². The van der Waals surface area contributed by atoms with E-state index in [1.54, 1.807) is 0 Å². The molecule has 2 rings (SSSR count). The molecule has 1 heterocycles. The van der Waals surface area contributed by atoms with Crippen molar-refractivity contribution in [3.63, 3.8) is 0 Å². The van der Waals surface area contributed by atoms with E-state index in [0.717, 1.165) is 12.1 Å². The lowest BCUT2D eigenvalue weighted by molar-refractivity contribution is 0.679. The van der Waals surface area contributed by atoms with E-state index in [4.69, 9.17) is 11.6 Å². The average molecular weight is 196 g/mol. The lowest BCUT2D eigenvalue weighted by Crippen LogP contribution is -2.05. The van der Waals surface area contributed by atoms with Crippen LogP contribution in [0.25, 0.3) is 0 Å². The molecule has 1 nitrogen and oxygen atoms in total. The van der Waals surface area contributed by atoms with Gasteiger partial charge in [-0.3, -0.25) is 4.98 Å². The van der Waals surface area contributed by atoms with Gasteiger partial charge in [0.1, 0.15) is 0 Å². The number of pyridine rings is 1. The summed E-state index contributed by atoms with van der Waals surface area (Å²) < 4.78 is 0. The summed E-state index contributed by atoms with van der Waals surface area (Å²) in [5, 5.41) is 0. The minimum absolute atomic E-state index is 0.672. The fourth-order valence-electron chi connectivity index (χ4n) is 1.90. The maximum absolute atomic E-state index is 5.68. The highest BCUT2D eigenvalue weighted by molar-refractivity contribution is 6.17. The topological polar surface area (TPSA) is 12.9 Å². The largest absolute Gasteiger partial charge is 0.261 e. The van der Waals surface area contributed by atoms with E-state index >= 15 is 0 Å². The molecule has 1 aliphatic carbocycles. The van der Waals surface area contributed by atoms with Crippen LogP contribution in [0.4, 0.5) is 0 Å². The summed E-state index contributed by atoms with van der Waals surface area (Å²) in [5.41, 5.74) is 4.10. The zero-order chi connectivity index (χ0) is 9.10. The first-order chi connectivity index (χ1) is 6.40. The number of nitrogens with zero attached hydrogens (tertiary/aromatic N) is 1. The number of halogens is 1. The zero-order valence-electron chi connectivity index (χ0n) is 7.72. The maximum atomic E-state index is 5.68. The molecule has 1 aromatic heterocycles. The first kappa shape index (κ1) is 9.01. The summed E-state index contributed by atoms with van der Waals surface area (Å²) in [6.07, 6.45) is 8.03. The smallest absolute Gasteiger partial charge is 0.0418 e. The van der Waals surface area contributed by atoms with Crippen LogP contribution >= 0.6 is 11.6 Å². The first-order valence-electron chi connectivity index (χ1n) is 4.93. The van der Waals surface area contributed by atoms with Gasteiger partial charge in [-0.15, -0.1) is 11.6 Å². The van der Waals surface area contributed by atoms with Crippen molar-refractivity contribution in [2.45, 2.75) is 32.1 Å². The molecule has 0 saturated heterocycles. The number of hydrogen-bond donors (Lipinski definition) is 0. The fraction of sp³-hybridized carbons (Fsp3) is 0.545. The summed E-state index contributed by atoms with van der Waals surface area (Å²) in [7, 11) is 0. The quantitative estimate of drug-likeness (QED) is 0.662. The second-order valence-corrected chi connectivity index (χ2v) is 3.97. The Kier molecular flexibility index (Phi) is 2.84. The molecule has 0 bridgehead atoms. The zero-order valence-corrected chi connectivity index (χ0v) is 8.48. The Labute approximate surface area is 84.1 Å². The Balaban J connectivity index is 2.24. The van der Waals surface area contributed by atoms with Crippen molar-refractivity contribution in [1.29, 1.82) is 0 Å². The third kappa shape index (κ3) is 2.02. The molecule has 0 aromatic carbocycles. The van der Waals surface area contributed by atoms with Crippen LogP contribution in [-0.4, -0.2) is 10.9 Å². The SMILES string of the molecule is ClCCc1cc2c(cn1)CCCC2. The van der Waals surface area contributed by atoms with Gasteiger partial charge in [-0.2, -0.15) is 0 Å². The lowest BCUT2D eigenvalue weighted by Gasteiger charge is -2.15. The Morgan fingerprint density at radius 3 is 2.77 bits per heavy atom. The third-order valence-electron chi connectivity index (χ3n) is 2.63. The molecule has 0 atom stereocenters. The predicted octanol–water partition coefficient (Wildman–Crippen LogP) is 2.74. The van der Waals surface area contributed by atoms with E-state index in [2.05, 4.69) is 11.1 Å². The summed E-state index contributed by atoms with van der Waals surface area (Å²) in [6.45, 7) is 0. The van der Waals surface area contributed by atoms with E-state index in [1.807, 2.05) is 6.20 Å². The number of fused-ring (bicyclic) bond motifs is 1. The number of hydrogen-bond acceptors (Lipinski definition) is 1. The molecule has 70 valence electrons. The molecule has 2 heteroatoms. The minimum atomic E-state index is 0.672. The van der Waals surface area contributed by atoms with Crippen LogP contribution in [0.1, 0.15) is 29.7 Å². The monoisotopic (exact) mass is 195 g/mol. The van der Waals surface area contributed by atoms with Gasteiger partial charge in [0.15, 0.2) is 0 Å². The molecule has 13 heavy (non-hydrogen) atoms. The highest BCUT2D eigenvalue weighted by Crippen LogP contribution is 2.20. The van der Waals surface area contributed by atoms with Gasteiger partial charge >= 0.3 is 0 Å². The Morgan fingerprint density at radius 1 is 1.23 bits per heavy atom. The van der Waals surface area contributed by atoms with E-state index in [1.165, 1.54) is 36.8 Å². The summed E-state index contributed by atoms with van der Waals surface area (Å²) in [5.74, 6) is 0.672. The van der Waals surface area contributed by atoms with Crippen LogP contribution in [0.5, 0.6) is 0 Å². The molecular formula is C11H14ClN. The summed E-state index contributed by atoms with van der Waals surface area (Å²) >= 11 is 5.68. The molecule has 0 aliphatic heterocycles. The Hall–Kier alpha value is -0.560. The highest BCUT2D eigenvalue weighted by atomic mass is 35.5. The van der Waals surface area contributed by atoms with Crippen molar-refractivity contribution in [1.82, 2.24) is 4.98 Å². The van der Waals surface area contributed by atoms with Crippen molar-refractivity contribution < 1.29 is 0 Å². The predicted molar refractivity (Wildman–Crippen MR) is 55.3 cm³/mol. The van der Waals surface area contributed by atoms with E-state index in [9.17, 15) is 0 Å². The molecule has 0 unspecified atom stereocenters. The van der Waals surface area contributed by atoms with Crippen LogP contribution in [0, 0.1) is 0 Å². The number of aryl methyl sites for hydroxylation is 3. The molecule has 1 aromatic rings. The number of alkyl halides is 1. The van der Waals surface area contributed by atoms with E-state index in [-0.39, 0.29) is 0 Å². The fourth-order valence-corrected chi connectivity index (χ4v) is 2.09. The van der Waals surface area contributed by atoms with Gasteiger partial charge in [-0.05, 0) is 42.9 Å². The first-order valence-corrected chi connectivity index (χ1v) is 5.46. The normalized spacial score (nSPS) is 15.5. The maximum Gasteiger partial charge on any atom is 0.0418 e. The summed E-state index contributed by atoms with van der Waals surface area (Å²) in [6, 6.07) is 2.23. The van der Waals surface area contributed by atoms with Crippen LogP contribution < -0.4 is 0 Å². The minimum Gasteiger partial charge on any atom is -0.261 e. The van der Waals surface area contributed by atoms with Crippen molar-refractivity contribution >= 4 is 11.6 Å². The van der Waals surface area contributed by atoms with Crippen LogP contribution in [0.2, 0.25) is 0 Å². The van der Waals surface area contributed by atoms with Crippen molar-refractivity contribution in [3.05, 3.63) is 29.1 Å². The van der Waals surface area contributed by atoms with Crippen molar-refractivity contribution in [3.8, 4) is 0 Å². The number of aromatic nitrogens is 1.